The number of nitrogens with one attached hydrogen (secondary N) is 1. The minimum absolute atomic E-state index is 0.185. The molecule has 0 saturated carbocycles. The van der Waals surface area contributed by atoms with Crippen molar-refractivity contribution in [2.75, 3.05) is 24.6 Å². The van der Waals surface area contributed by atoms with Gasteiger partial charge in [0.2, 0.25) is 5.91 Å². The Balaban J connectivity index is 1.74. The van der Waals surface area contributed by atoms with Crippen LogP contribution in [-0.4, -0.2) is 37.5 Å². The average Bonchev–Trinajstić information content (AvgIpc) is 2.67. The van der Waals surface area contributed by atoms with Crippen LogP contribution in [0.5, 0.6) is 0 Å². The lowest BCUT2D eigenvalue weighted by Gasteiger charge is -2.20. The Labute approximate surface area is 152 Å². The van der Waals surface area contributed by atoms with Crippen molar-refractivity contribution in [1.82, 2.24) is 5.32 Å². The molecule has 1 N–H and O–H groups in total. The lowest BCUT2D eigenvalue weighted by atomic mass is 10.1. The normalized spacial score (nSPS) is 10.0. The van der Waals surface area contributed by atoms with Crippen molar-refractivity contribution in [3.8, 4) is 0 Å². The maximum Gasteiger partial charge on any atom is 0.325 e. The number of anilines is 1. The lowest BCUT2D eigenvalue weighted by molar-refractivity contribution is -0.147. The smallest absolute Gasteiger partial charge is 0.325 e. The SMILES string of the molecule is CCN(C(=O)COC(=O)CNC(=O)Cc1ccccc1)c1ccccc1. The van der Waals surface area contributed by atoms with Gasteiger partial charge in [-0.05, 0) is 24.6 Å². The Morgan fingerprint density at radius 3 is 2.19 bits per heavy atom. The van der Waals surface area contributed by atoms with Gasteiger partial charge in [-0.1, -0.05) is 48.5 Å². The molecule has 0 heterocycles. The molecule has 0 fully saturated rings. The van der Waals surface area contributed by atoms with Crippen LogP contribution in [0.3, 0.4) is 0 Å². The lowest BCUT2D eigenvalue weighted by Crippen LogP contribution is -2.37. The molecule has 136 valence electrons. The highest BCUT2D eigenvalue weighted by Crippen LogP contribution is 2.12. The van der Waals surface area contributed by atoms with Gasteiger partial charge < -0.3 is 15.0 Å². The summed E-state index contributed by atoms with van der Waals surface area (Å²) >= 11 is 0. The predicted octanol–water partition coefficient (Wildman–Crippen LogP) is 1.94. The van der Waals surface area contributed by atoms with Crippen LogP contribution >= 0.6 is 0 Å². The highest BCUT2D eigenvalue weighted by atomic mass is 16.5. The van der Waals surface area contributed by atoms with Gasteiger partial charge in [0.25, 0.3) is 5.91 Å². The molecule has 0 bridgehead atoms. The van der Waals surface area contributed by atoms with E-state index in [1.807, 2.05) is 67.6 Å². The van der Waals surface area contributed by atoms with Crippen LogP contribution in [0.15, 0.2) is 60.7 Å². The highest BCUT2D eigenvalue weighted by Gasteiger charge is 2.16. The van der Waals surface area contributed by atoms with Crippen LogP contribution < -0.4 is 10.2 Å². The monoisotopic (exact) mass is 354 g/mol. The summed E-state index contributed by atoms with van der Waals surface area (Å²) in [6.07, 6.45) is 0.185. The summed E-state index contributed by atoms with van der Waals surface area (Å²) in [7, 11) is 0. The number of carbonyl (C=O) groups is 3. The summed E-state index contributed by atoms with van der Waals surface area (Å²) < 4.78 is 4.96. The second-order valence-electron chi connectivity index (χ2n) is 5.57. The summed E-state index contributed by atoms with van der Waals surface area (Å²) in [5, 5.41) is 2.49. The zero-order valence-electron chi connectivity index (χ0n) is 14.7. The van der Waals surface area contributed by atoms with Crippen LogP contribution in [0.4, 0.5) is 5.69 Å². The topological polar surface area (TPSA) is 75.7 Å². The number of hydrogen-bond acceptors (Lipinski definition) is 4. The molecule has 0 aliphatic heterocycles. The third-order valence-corrected chi connectivity index (χ3v) is 3.68. The first-order valence-electron chi connectivity index (χ1n) is 8.41. The van der Waals surface area contributed by atoms with Crippen molar-refractivity contribution in [2.24, 2.45) is 0 Å². The van der Waals surface area contributed by atoms with E-state index in [9.17, 15) is 14.4 Å². The molecule has 6 heteroatoms. The second-order valence-corrected chi connectivity index (χ2v) is 5.57. The molecule has 2 rings (SSSR count). The van der Waals surface area contributed by atoms with Gasteiger partial charge in [0.1, 0.15) is 6.54 Å². The van der Waals surface area contributed by atoms with Crippen LogP contribution in [-0.2, 0) is 25.5 Å². The van der Waals surface area contributed by atoms with Gasteiger partial charge in [0.15, 0.2) is 6.61 Å². The van der Waals surface area contributed by atoms with Gasteiger partial charge in [-0.15, -0.1) is 0 Å². The minimum atomic E-state index is -0.649. The number of rotatable bonds is 8. The van der Waals surface area contributed by atoms with E-state index in [1.165, 1.54) is 4.90 Å². The van der Waals surface area contributed by atoms with E-state index in [0.717, 1.165) is 11.3 Å². The predicted molar refractivity (Wildman–Crippen MR) is 98.6 cm³/mol. The number of para-hydroxylation sites is 1. The van der Waals surface area contributed by atoms with Crippen LogP contribution in [0, 0.1) is 0 Å². The van der Waals surface area contributed by atoms with Crippen molar-refractivity contribution in [3.63, 3.8) is 0 Å². The Bertz CT molecular complexity index is 732. The van der Waals surface area contributed by atoms with Crippen molar-refractivity contribution in [3.05, 3.63) is 66.2 Å². The molecule has 6 nitrogen and oxygen atoms in total. The Hall–Kier alpha value is -3.15. The molecule has 0 unspecified atom stereocenters. The molecule has 0 radical (unpaired) electrons. The summed E-state index contributed by atoms with van der Waals surface area (Å²) in [5.41, 5.74) is 1.60. The summed E-state index contributed by atoms with van der Waals surface area (Å²) in [5.74, 6) is -1.24. The van der Waals surface area contributed by atoms with Crippen LogP contribution in [0.2, 0.25) is 0 Å². The van der Waals surface area contributed by atoms with E-state index in [2.05, 4.69) is 5.32 Å². The molecule has 0 aromatic heterocycles. The first-order valence-corrected chi connectivity index (χ1v) is 8.41. The molecule has 0 saturated heterocycles. The number of likely N-dealkylation sites (N-methyl/N-ethyl adjacent to an activating group) is 1. The van der Waals surface area contributed by atoms with Gasteiger partial charge >= 0.3 is 5.97 Å². The molecular weight excluding hydrogens is 332 g/mol. The zero-order valence-corrected chi connectivity index (χ0v) is 14.7. The second kappa shape index (κ2) is 9.98. The highest BCUT2D eigenvalue weighted by molar-refractivity contribution is 5.95. The van der Waals surface area contributed by atoms with E-state index in [-0.39, 0.29) is 31.4 Å². The van der Waals surface area contributed by atoms with Crippen molar-refractivity contribution >= 4 is 23.5 Å². The minimum Gasteiger partial charge on any atom is -0.454 e. The Morgan fingerprint density at radius 2 is 1.58 bits per heavy atom. The number of esters is 1. The summed E-state index contributed by atoms with van der Waals surface area (Å²) in [6.45, 7) is 1.68. The first kappa shape index (κ1) is 19.2. The Morgan fingerprint density at radius 1 is 0.962 bits per heavy atom. The summed E-state index contributed by atoms with van der Waals surface area (Å²) in [4.78, 5) is 37.3. The van der Waals surface area contributed by atoms with Crippen molar-refractivity contribution in [2.45, 2.75) is 13.3 Å². The van der Waals surface area contributed by atoms with Gasteiger partial charge in [0, 0.05) is 12.2 Å². The fraction of sp³-hybridized carbons (Fsp3) is 0.250. The van der Waals surface area contributed by atoms with Gasteiger partial charge in [-0.3, -0.25) is 14.4 Å². The quantitative estimate of drug-likeness (QED) is 0.735. The number of amides is 2. The first-order chi connectivity index (χ1) is 12.6. The molecule has 26 heavy (non-hydrogen) atoms. The Kier molecular flexibility index (Phi) is 7.36. The van der Waals surface area contributed by atoms with E-state index in [1.54, 1.807) is 0 Å². The van der Waals surface area contributed by atoms with E-state index >= 15 is 0 Å². The molecular formula is C20H22N2O4. The standard InChI is InChI=1S/C20H22N2O4/c1-2-22(17-11-7-4-8-12-17)19(24)15-26-20(25)14-21-18(23)13-16-9-5-3-6-10-16/h3-12H,2,13-15H2,1H3,(H,21,23). The fourth-order valence-corrected chi connectivity index (χ4v) is 2.40. The molecule has 0 atom stereocenters. The number of carbonyl (C=O) groups excluding carboxylic acids is 3. The number of benzene rings is 2. The van der Waals surface area contributed by atoms with Gasteiger partial charge in [-0.25, -0.2) is 0 Å². The number of ether oxygens (including phenoxy) is 1. The molecule has 0 spiro atoms. The third-order valence-electron chi connectivity index (χ3n) is 3.68. The largest absolute Gasteiger partial charge is 0.454 e. The van der Waals surface area contributed by atoms with Gasteiger partial charge in [0.05, 0.1) is 6.42 Å². The van der Waals surface area contributed by atoms with E-state index in [4.69, 9.17) is 4.74 Å². The van der Waals surface area contributed by atoms with Crippen LogP contribution in [0.25, 0.3) is 0 Å². The fourth-order valence-electron chi connectivity index (χ4n) is 2.40. The molecule has 2 amide bonds. The maximum absolute atomic E-state index is 12.2. The van der Waals surface area contributed by atoms with Crippen molar-refractivity contribution in [1.29, 1.82) is 0 Å². The zero-order chi connectivity index (χ0) is 18.8. The van der Waals surface area contributed by atoms with Crippen molar-refractivity contribution < 1.29 is 19.1 Å². The number of nitrogens with zero attached hydrogens (tertiary/aromatic N) is 1. The average molecular weight is 354 g/mol. The van der Waals surface area contributed by atoms with E-state index < -0.39 is 5.97 Å². The molecule has 0 aliphatic rings. The molecule has 0 aliphatic carbocycles. The summed E-state index contributed by atoms with van der Waals surface area (Å²) in [6, 6.07) is 18.4. The van der Waals surface area contributed by atoms with Gasteiger partial charge in [-0.2, -0.15) is 0 Å². The molecule has 2 aromatic carbocycles. The molecule has 2 aromatic rings. The maximum atomic E-state index is 12.2. The van der Waals surface area contributed by atoms with E-state index in [0.29, 0.717) is 6.54 Å². The number of hydrogen-bond donors (Lipinski definition) is 1. The third kappa shape index (κ3) is 6.05. The van der Waals surface area contributed by atoms with Crippen LogP contribution in [0.1, 0.15) is 12.5 Å².